The SMILES string of the molecule is O=C(Nc1nc(-c2cccs2)cs1)/C(=C/c1ccco1)n1nnnc1-c1ccccc1. The number of nitrogens with one attached hydrogen (secondary N) is 1. The smallest absolute Gasteiger partial charge is 0.276 e. The standard InChI is InChI=1S/C21H14N6O2S2/c28-20(23-21-22-16(13-31-21)18-9-5-11-30-18)17(12-15-8-4-10-29-15)27-19(24-25-26-27)14-6-2-1-3-7-14/h1-13H,(H,22,23,28)/b17-12-. The van der Waals surface area contributed by atoms with Crippen LogP contribution in [0.15, 0.2) is 76.0 Å². The Labute approximate surface area is 184 Å². The first-order valence-electron chi connectivity index (χ1n) is 9.18. The van der Waals surface area contributed by atoms with E-state index in [-0.39, 0.29) is 5.70 Å². The number of amides is 1. The maximum atomic E-state index is 13.2. The normalized spacial score (nSPS) is 11.5. The van der Waals surface area contributed by atoms with Crippen LogP contribution in [0.4, 0.5) is 5.13 Å². The number of thiophene rings is 1. The van der Waals surface area contributed by atoms with Gasteiger partial charge in [0.25, 0.3) is 5.91 Å². The Hall–Kier alpha value is -3.89. The summed E-state index contributed by atoms with van der Waals surface area (Å²) in [5.41, 5.74) is 1.80. The van der Waals surface area contributed by atoms with Crippen LogP contribution in [0.5, 0.6) is 0 Å². The van der Waals surface area contributed by atoms with E-state index in [1.807, 2.05) is 53.2 Å². The first-order valence-corrected chi connectivity index (χ1v) is 10.9. The molecular weight excluding hydrogens is 432 g/mol. The fourth-order valence-electron chi connectivity index (χ4n) is 2.88. The predicted molar refractivity (Wildman–Crippen MR) is 120 cm³/mol. The lowest BCUT2D eigenvalue weighted by atomic mass is 10.2. The van der Waals surface area contributed by atoms with Crippen LogP contribution in [0, 0.1) is 0 Å². The third-order valence-corrected chi connectivity index (χ3v) is 5.93. The van der Waals surface area contributed by atoms with Gasteiger partial charge >= 0.3 is 0 Å². The number of thiazole rings is 1. The summed E-state index contributed by atoms with van der Waals surface area (Å²) in [5.74, 6) is 0.526. The number of carbonyl (C=O) groups excluding carboxylic acids is 1. The van der Waals surface area contributed by atoms with Crippen LogP contribution in [0.25, 0.3) is 33.7 Å². The van der Waals surface area contributed by atoms with Gasteiger partial charge in [-0.25, -0.2) is 4.98 Å². The molecule has 1 aromatic carbocycles. The van der Waals surface area contributed by atoms with E-state index < -0.39 is 5.91 Å². The van der Waals surface area contributed by atoms with E-state index in [4.69, 9.17) is 4.42 Å². The lowest BCUT2D eigenvalue weighted by molar-refractivity contribution is -0.111. The third kappa shape index (κ3) is 4.06. The molecule has 0 saturated carbocycles. The minimum absolute atomic E-state index is 0.201. The molecule has 0 saturated heterocycles. The van der Waals surface area contributed by atoms with Crippen LogP contribution in [0.2, 0.25) is 0 Å². The monoisotopic (exact) mass is 446 g/mol. The second kappa shape index (κ2) is 8.46. The molecule has 0 spiro atoms. The number of nitrogens with zero attached hydrogens (tertiary/aromatic N) is 5. The number of furan rings is 1. The lowest BCUT2D eigenvalue weighted by Gasteiger charge is -2.09. The summed E-state index contributed by atoms with van der Waals surface area (Å²) in [6.07, 6.45) is 3.12. The van der Waals surface area contributed by atoms with Crippen LogP contribution in [-0.4, -0.2) is 31.1 Å². The summed E-state index contributed by atoms with van der Waals surface area (Å²) in [4.78, 5) is 18.8. The zero-order valence-electron chi connectivity index (χ0n) is 15.9. The van der Waals surface area contributed by atoms with E-state index in [1.165, 1.54) is 22.3 Å². The zero-order valence-corrected chi connectivity index (χ0v) is 17.5. The third-order valence-electron chi connectivity index (χ3n) is 4.28. The van der Waals surface area contributed by atoms with E-state index in [2.05, 4.69) is 25.8 Å². The summed E-state index contributed by atoms with van der Waals surface area (Å²) in [7, 11) is 0. The molecule has 8 nitrogen and oxygen atoms in total. The van der Waals surface area contributed by atoms with E-state index in [0.29, 0.717) is 16.7 Å². The van der Waals surface area contributed by atoms with Crippen molar-refractivity contribution in [2.45, 2.75) is 0 Å². The van der Waals surface area contributed by atoms with Crippen LogP contribution in [0.1, 0.15) is 5.76 Å². The fraction of sp³-hybridized carbons (Fsp3) is 0. The summed E-state index contributed by atoms with van der Waals surface area (Å²) in [6.45, 7) is 0. The molecule has 0 radical (unpaired) electrons. The molecule has 31 heavy (non-hydrogen) atoms. The second-order valence-corrected chi connectivity index (χ2v) is 8.10. The Morgan fingerprint density at radius 2 is 1.97 bits per heavy atom. The summed E-state index contributed by atoms with van der Waals surface area (Å²) in [6, 6.07) is 16.9. The van der Waals surface area contributed by atoms with Crippen molar-refractivity contribution >= 4 is 45.5 Å². The number of anilines is 1. The molecule has 5 aromatic rings. The maximum Gasteiger partial charge on any atom is 0.276 e. The molecule has 5 rings (SSSR count). The van der Waals surface area contributed by atoms with E-state index in [0.717, 1.165) is 16.1 Å². The van der Waals surface area contributed by atoms with Gasteiger partial charge in [-0.15, -0.1) is 27.8 Å². The van der Waals surface area contributed by atoms with Gasteiger partial charge in [0.05, 0.1) is 16.8 Å². The Kier molecular flexibility index (Phi) is 5.21. The topological polar surface area (TPSA) is 98.7 Å². The molecule has 4 heterocycles. The second-order valence-electron chi connectivity index (χ2n) is 6.29. The average Bonchev–Trinajstić information content (AvgIpc) is 3.60. The fourth-order valence-corrected chi connectivity index (χ4v) is 4.34. The zero-order chi connectivity index (χ0) is 21.0. The van der Waals surface area contributed by atoms with Crippen molar-refractivity contribution in [1.29, 1.82) is 0 Å². The van der Waals surface area contributed by atoms with Crippen LogP contribution < -0.4 is 5.32 Å². The predicted octanol–water partition coefficient (Wildman–Crippen LogP) is 4.75. The number of hydrogen-bond acceptors (Lipinski definition) is 8. The lowest BCUT2D eigenvalue weighted by Crippen LogP contribution is -2.19. The van der Waals surface area contributed by atoms with Gasteiger partial charge in [-0.2, -0.15) is 4.68 Å². The minimum Gasteiger partial charge on any atom is -0.465 e. The van der Waals surface area contributed by atoms with Crippen molar-refractivity contribution in [2.75, 3.05) is 5.32 Å². The molecular formula is C21H14N6O2S2. The van der Waals surface area contributed by atoms with Crippen molar-refractivity contribution in [2.24, 2.45) is 0 Å². The highest BCUT2D eigenvalue weighted by molar-refractivity contribution is 7.16. The molecule has 0 bridgehead atoms. The van der Waals surface area contributed by atoms with Crippen LogP contribution in [-0.2, 0) is 4.79 Å². The molecule has 4 aromatic heterocycles. The molecule has 10 heteroatoms. The molecule has 0 fully saturated rings. The molecule has 0 atom stereocenters. The average molecular weight is 447 g/mol. The highest BCUT2D eigenvalue weighted by Crippen LogP contribution is 2.29. The highest BCUT2D eigenvalue weighted by atomic mass is 32.1. The van der Waals surface area contributed by atoms with Crippen molar-refractivity contribution in [3.8, 4) is 22.0 Å². The Bertz CT molecular complexity index is 1320. The number of tetrazole rings is 1. The Balaban J connectivity index is 1.50. The van der Waals surface area contributed by atoms with E-state index >= 15 is 0 Å². The summed E-state index contributed by atoms with van der Waals surface area (Å²) < 4.78 is 6.80. The van der Waals surface area contributed by atoms with Crippen LogP contribution in [0.3, 0.4) is 0 Å². The van der Waals surface area contributed by atoms with Gasteiger partial charge in [-0.3, -0.25) is 10.1 Å². The van der Waals surface area contributed by atoms with Crippen molar-refractivity contribution in [1.82, 2.24) is 25.2 Å². The van der Waals surface area contributed by atoms with Gasteiger partial charge in [0, 0.05) is 17.0 Å². The molecule has 1 amide bonds. The van der Waals surface area contributed by atoms with Crippen LogP contribution >= 0.6 is 22.7 Å². The van der Waals surface area contributed by atoms with Gasteiger partial charge in [-0.05, 0) is 34.0 Å². The molecule has 0 aliphatic carbocycles. The van der Waals surface area contributed by atoms with E-state index in [1.54, 1.807) is 29.5 Å². The molecule has 0 aliphatic heterocycles. The quantitative estimate of drug-likeness (QED) is 0.378. The van der Waals surface area contributed by atoms with E-state index in [9.17, 15) is 4.79 Å². The van der Waals surface area contributed by atoms with Crippen molar-refractivity contribution < 1.29 is 9.21 Å². The highest BCUT2D eigenvalue weighted by Gasteiger charge is 2.21. The number of rotatable bonds is 6. The summed E-state index contributed by atoms with van der Waals surface area (Å²) in [5, 5.41) is 19.2. The minimum atomic E-state index is -0.409. The molecule has 152 valence electrons. The van der Waals surface area contributed by atoms with Gasteiger partial charge < -0.3 is 4.42 Å². The molecule has 0 unspecified atom stereocenters. The Morgan fingerprint density at radius 3 is 2.74 bits per heavy atom. The summed E-state index contributed by atoms with van der Waals surface area (Å²) >= 11 is 2.94. The maximum absolute atomic E-state index is 13.2. The van der Waals surface area contributed by atoms with Gasteiger partial charge in [0.1, 0.15) is 11.5 Å². The molecule has 1 N–H and O–H groups in total. The molecule has 0 aliphatic rings. The first-order chi connectivity index (χ1) is 15.3. The van der Waals surface area contributed by atoms with Gasteiger partial charge in [0.15, 0.2) is 11.0 Å². The van der Waals surface area contributed by atoms with Crippen molar-refractivity contribution in [3.63, 3.8) is 0 Å². The number of carbonyl (C=O) groups is 1. The Morgan fingerprint density at radius 1 is 1.06 bits per heavy atom. The van der Waals surface area contributed by atoms with Crippen molar-refractivity contribution in [3.05, 3.63) is 77.4 Å². The first kappa shape index (κ1) is 19.1. The number of hydrogen-bond donors (Lipinski definition) is 1. The van der Waals surface area contributed by atoms with Gasteiger partial charge in [0.2, 0.25) is 0 Å². The van der Waals surface area contributed by atoms with Gasteiger partial charge in [-0.1, -0.05) is 36.4 Å². The largest absolute Gasteiger partial charge is 0.465 e. The number of benzene rings is 1. The number of aromatic nitrogens is 5.